The van der Waals surface area contributed by atoms with Crippen molar-refractivity contribution in [2.75, 3.05) is 19.8 Å². The molecule has 0 amide bonds. The first kappa shape index (κ1) is 12.8. The van der Waals surface area contributed by atoms with Crippen LogP contribution in [0.25, 0.3) is 0 Å². The summed E-state index contributed by atoms with van der Waals surface area (Å²) in [6.45, 7) is 4.79. The van der Waals surface area contributed by atoms with E-state index in [1.165, 1.54) is 0 Å². The molecule has 0 aromatic heterocycles. The van der Waals surface area contributed by atoms with E-state index in [1.807, 2.05) is 13.8 Å². The summed E-state index contributed by atoms with van der Waals surface area (Å²) in [7, 11) is 0. The van der Waals surface area contributed by atoms with Crippen molar-refractivity contribution in [1.82, 2.24) is 0 Å². The molecule has 2 N–H and O–H groups in total. The van der Waals surface area contributed by atoms with E-state index < -0.39 is 6.10 Å². The van der Waals surface area contributed by atoms with Gasteiger partial charge in [-0.2, -0.15) is 0 Å². The minimum absolute atomic E-state index is 0.203. The summed E-state index contributed by atoms with van der Waals surface area (Å²) in [5, 5.41) is 17.7. The Kier molecular flexibility index (Phi) is 8.33. The third kappa shape index (κ3) is 6.95. The summed E-state index contributed by atoms with van der Waals surface area (Å²) < 4.78 is 10.5. The quantitative estimate of drug-likeness (QED) is 0.550. The first-order chi connectivity index (χ1) is 6.24. The van der Waals surface area contributed by atoms with Gasteiger partial charge in [-0.3, -0.25) is 0 Å². The topological polar surface area (TPSA) is 58.9 Å². The summed E-state index contributed by atoms with van der Waals surface area (Å²) in [4.78, 5) is 0. The lowest BCUT2D eigenvalue weighted by Crippen LogP contribution is -2.21. The molecule has 4 heteroatoms. The normalized spacial score (nSPS) is 13.6. The predicted octanol–water partition coefficient (Wildman–Crippen LogP) is 0.519. The summed E-state index contributed by atoms with van der Waals surface area (Å²) in [6, 6.07) is 0. The van der Waals surface area contributed by atoms with Gasteiger partial charge in [-0.25, -0.2) is 0 Å². The Morgan fingerprint density at radius 3 is 2.00 bits per heavy atom. The van der Waals surface area contributed by atoms with E-state index in [-0.39, 0.29) is 12.9 Å². The second-order valence-corrected chi connectivity index (χ2v) is 2.75. The van der Waals surface area contributed by atoms with Crippen LogP contribution in [0.3, 0.4) is 0 Å². The van der Waals surface area contributed by atoms with E-state index in [0.717, 1.165) is 0 Å². The van der Waals surface area contributed by atoms with Gasteiger partial charge in [-0.15, -0.1) is 0 Å². The van der Waals surface area contributed by atoms with E-state index >= 15 is 0 Å². The van der Waals surface area contributed by atoms with Crippen molar-refractivity contribution in [2.24, 2.45) is 0 Å². The van der Waals surface area contributed by atoms with Crippen LogP contribution in [0.15, 0.2) is 0 Å². The van der Waals surface area contributed by atoms with Gasteiger partial charge < -0.3 is 19.7 Å². The number of hydrogen-bond donors (Lipinski definition) is 2. The van der Waals surface area contributed by atoms with Gasteiger partial charge >= 0.3 is 0 Å². The molecule has 80 valence electrons. The smallest absolute Gasteiger partial charge is 0.157 e. The highest BCUT2D eigenvalue weighted by Crippen LogP contribution is 2.06. The first-order valence-electron chi connectivity index (χ1n) is 4.76. The standard InChI is InChI=1S/C9H20O4/c1-3-12-9(13-4-2)6-5-8(11)7-10/h8-11H,3-7H2,1-2H3. The fourth-order valence-electron chi connectivity index (χ4n) is 1.01. The van der Waals surface area contributed by atoms with Crippen molar-refractivity contribution in [1.29, 1.82) is 0 Å². The third-order valence-electron chi connectivity index (χ3n) is 1.65. The third-order valence-corrected chi connectivity index (χ3v) is 1.65. The molecule has 0 aromatic carbocycles. The summed E-state index contributed by atoms with van der Waals surface area (Å²) >= 11 is 0. The molecule has 0 aromatic rings. The van der Waals surface area contributed by atoms with Crippen LogP contribution >= 0.6 is 0 Å². The largest absolute Gasteiger partial charge is 0.394 e. The molecule has 0 aliphatic rings. The van der Waals surface area contributed by atoms with Crippen LogP contribution in [0.4, 0.5) is 0 Å². The molecule has 13 heavy (non-hydrogen) atoms. The molecular formula is C9H20O4. The SMILES string of the molecule is CCOC(CCC(O)CO)OCC. The predicted molar refractivity (Wildman–Crippen MR) is 49.4 cm³/mol. The van der Waals surface area contributed by atoms with Gasteiger partial charge in [0, 0.05) is 19.6 Å². The van der Waals surface area contributed by atoms with Crippen molar-refractivity contribution >= 4 is 0 Å². The number of aliphatic hydroxyl groups excluding tert-OH is 2. The van der Waals surface area contributed by atoms with Crippen LogP contribution in [-0.2, 0) is 9.47 Å². The number of rotatable bonds is 8. The van der Waals surface area contributed by atoms with Gasteiger partial charge in [0.15, 0.2) is 6.29 Å². The number of ether oxygens (including phenoxy) is 2. The lowest BCUT2D eigenvalue weighted by Gasteiger charge is -2.17. The molecule has 0 spiro atoms. The van der Waals surface area contributed by atoms with Gasteiger partial charge in [0.25, 0.3) is 0 Å². The molecule has 0 radical (unpaired) electrons. The van der Waals surface area contributed by atoms with Crippen molar-refractivity contribution in [3.05, 3.63) is 0 Å². The fraction of sp³-hybridized carbons (Fsp3) is 1.00. The zero-order valence-corrected chi connectivity index (χ0v) is 8.40. The van der Waals surface area contributed by atoms with Crippen molar-refractivity contribution in [3.8, 4) is 0 Å². The summed E-state index contributed by atoms with van der Waals surface area (Å²) in [6.07, 6.45) is 0.199. The van der Waals surface area contributed by atoms with E-state index in [2.05, 4.69) is 0 Å². The van der Waals surface area contributed by atoms with Crippen LogP contribution in [0.5, 0.6) is 0 Å². The van der Waals surface area contributed by atoms with Gasteiger partial charge in [-0.1, -0.05) is 0 Å². The average molecular weight is 192 g/mol. The van der Waals surface area contributed by atoms with Crippen molar-refractivity contribution < 1.29 is 19.7 Å². The minimum Gasteiger partial charge on any atom is -0.394 e. The molecule has 0 fully saturated rings. The summed E-state index contributed by atoms with van der Waals surface area (Å²) in [5.74, 6) is 0. The van der Waals surface area contributed by atoms with Crippen LogP contribution in [0, 0.1) is 0 Å². The maximum atomic E-state index is 9.08. The molecule has 1 atom stereocenters. The Labute approximate surface area is 79.5 Å². The highest BCUT2D eigenvalue weighted by molar-refractivity contribution is 4.55. The maximum absolute atomic E-state index is 9.08. The van der Waals surface area contributed by atoms with Crippen LogP contribution < -0.4 is 0 Å². The first-order valence-corrected chi connectivity index (χ1v) is 4.76. The fourth-order valence-corrected chi connectivity index (χ4v) is 1.01. The summed E-state index contributed by atoms with van der Waals surface area (Å²) in [5.41, 5.74) is 0. The highest BCUT2D eigenvalue weighted by Gasteiger charge is 2.10. The Morgan fingerprint density at radius 2 is 1.62 bits per heavy atom. The number of aliphatic hydroxyl groups is 2. The van der Waals surface area contributed by atoms with E-state index in [4.69, 9.17) is 19.7 Å². The molecule has 0 heterocycles. The molecular weight excluding hydrogens is 172 g/mol. The average Bonchev–Trinajstić information content (AvgIpc) is 2.14. The van der Waals surface area contributed by atoms with Gasteiger partial charge in [-0.05, 0) is 20.3 Å². The number of hydrogen-bond acceptors (Lipinski definition) is 4. The van der Waals surface area contributed by atoms with E-state index in [1.54, 1.807) is 0 Å². The second-order valence-electron chi connectivity index (χ2n) is 2.75. The zero-order chi connectivity index (χ0) is 10.1. The van der Waals surface area contributed by atoms with Crippen LogP contribution in [0.1, 0.15) is 26.7 Å². The monoisotopic (exact) mass is 192 g/mol. The molecule has 0 bridgehead atoms. The van der Waals surface area contributed by atoms with Crippen LogP contribution in [-0.4, -0.2) is 42.4 Å². The lowest BCUT2D eigenvalue weighted by atomic mass is 10.2. The Morgan fingerprint density at radius 1 is 1.08 bits per heavy atom. The molecule has 0 saturated heterocycles. The van der Waals surface area contributed by atoms with Gasteiger partial charge in [0.2, 0.25) is 0 Å². The molecule has 0 aliphatic carbocycles. The lowest BCUT2D eigenvalue weighted by molar-refractivity contribution is -0.143. The molecule has 0 rings (SSSR count). The second kappa shape index (κ2) is 8.44. The zero-order valence-electron chi connectivity index (χ0n) is 8.40. The molecule has 0 saturated carbocycles. The molecule has 1 unspecified atom stereocenters. The van der Waals surface area contributed by atoms with Gasteiger partial charge in [0.1, 0.15) is 0 Å². The van der Waals surface area contributed by atoms with Crippen LogP contribution in [0.2, 0.25) is 0 Å². The van der Waals surface area contributed by atoms with E-state index in [0.29, 0.717) is 26.1 Å². The minimum atomic E-state index is -0.664. The Balaban J connectivity index is 3.55. The van der Waals surface area contributed by atoms with Gasteiger partial charge in [0.05, 0.1) is 12.7 Å². The Hall–Kier alpha value is -0.160. The molecule has 4 nitrogen and oxygen atoms in total. The van der Waals surface area contributed by atoms with Crippen molar-refractivity contribution in [2.45, 2.75) is 39.1 Å². The van der Waals surface area contributed by atoms with Crippen molar-refractivity contribution in [3.63, 3.8) is 0 Å². The highest BCUT2D eigenvalue weighted by atomic mass is 16.7. The van der Waals surface area contributed by atoms with E-state index in [9.17, 15) is 0 Å². The molecule has 0 aliphatic heterocycles. The Bertz CT molecular complexity index is 102. The maximum Gasteiger partial charge on any atom is 0.157 e.